The van der Waals surface area contributed by atoms with E-state index in [1.165, 1.54) is 0 Å². The molecule has 0 aliphatic rings. The van der Waals surface area contributed by atoms with Gasteiger partial charge in [-0.15, -0.1) is 0 Å². The van der Waals surface area contributed by atoms with E-state index in [1.54, 1.807) is 18.2 Å². The molecule has 0 unspecified atom stereocenters. The van der Waals surface area contributed by atoms with Crippen molar-refractivity contribution in [3.8, 4) is 11.5 Å². The van der Waals surface area contributed by atoms with Crippen LogP contribution in [0.3, 0.4) is 0 Å². The lowest BCUT2D eigenvalue weighted by Crippen LogP contribution is -2.09. The molecule has 2 rings (SSSR count). The Hall–Kier alpha value is -1.29. The molecule has 0 bridgehead atoms. The number of hydrogen-bond donors (Lipinski definition) is 2. The number of aromatic hydroxyl groups is 1. The summed E-state index contributed by atoms with van der Waals surface area (Å²) in [5, 5.41) is 14.2. The molecule has 2 aromatic carbocycles. The Bertz CT molecular complexity index is 647. The van der Waals surface area contributed by atoms with Crippen LogP contribution in [0.5, 0.6) is 11.5 Å². The molecule has 0 saturated heterocycles. The van der Waals surface area contributed by atoms with E-state index in [0.29, 0.717) is 33.5 Å². The van der Waals surface area contributed by atoms with Crippen molar-refractivity contribution < 1.29 is 9.84 Å². The normalized spacial score (nSPS) is 10.5. The fourth-order valence-corrected chi connectivity index (χ4v) is 2.77. The minimum Gasteiger partial charge on any atom is -0.504 e. The predicted octanol–water partition coefficient (Wildman–Crippen LogP) is 5.36. The van der Waals surface area contributed by atoms with Crippen LogP contribution >= 0.6 is 34.8 Å². The van der Waals surface area contributed by atoms with E-state index in [1.807, 2.05) is 19.1 Å². The molecule has 0 spiro atoms. The third-order valence-electron chi connectivity index (χ3n) is 2.97. The van der Waals surface area contributed by atoms with E-state index < -0.39 is 0 Å². The van der Waals surface area contributed by atoms with E-state index in [4.69, 9.17) is 39.5 Å². The van der Waals surface area contributed by atoms with E-state index in [-0.39, 0.29) is 17.5 Å². The summed E-state index contributed by atoms with van der Waals surface area (Å²) in [5.41, 5.74) is 1.13. The van der Waals surface area contributed by atoms with Crippen LogP contribution in [0.1, 0.15) is 12.5 Å². The smallest absolute Gasteiger partial charge is 0.159 e. The van der Waals surface area contributed by atoms with Crippen LogP contribution in [-0.2, 0) is 6.42 Å². The van der Waals surface area contributed by atoms with Crippen molar-refractivity contribution in [3.05, 3.63) is 51.0 Å². The average molecular weight is 347 g/mol. The molecule has 0 amide bonds. The molecule has 0 radical (unpaired) electrons. The number of halogens is 3. The number of phenolic OH excluding ortho intramolecular Hbond substituents is 1. The standard InChI is InChI=1S/C15H14Cl3NO2/c1-2-9-11(17)7-12(15(20)14(9)18)19-8-21-13-6-4-3-5-10(13)16/h3-7,19-20H,2,8H2,1H3. The molecule has 2 aromatic rings. The van der Waals surface area contributed by atoms with Crippen molar-refractivity contribution in [3.63, 3.8) is 0 Å². The number of rotatable bonds is 5. The fourth-order valence-electron chi connectivity index (χ4n) is 1.86. The van der Waals surface area contributed by atoms with E-state index in [9.17, 15) is 5.11 Å². The second-order valence-electron chi connectivity index (χ2n) is 4.30. The lowest BCUT2D eigenvalue weighted by atomic mass is 10.1. The van der Waals surface area contributed by atoms with Gasteiger partial charge >= 0.3 is 0 Å². The highest BCUT2D eigenvalue weighted by Crippen LogP contribution is 2.39. The zero-order valence-corrected chi connectivity index (χ0v) is 13.6. The Kier molecular flexibility index (Phi) is 5.45. The number of para-hydroxylation sites is 1. The maximum absolute atomic E-state index is 10.1. The topological polar surface area (TPSA) is 41.5 Å². The molecule has 0 aliphatic heterocycles. The van der Waals surface area contributed by atoms with Gasteiger partial charge in [0.2, 0.25) is 0 Å². The van der Waals surface area contributed by atoms with Crippen LogP contribution in [0.2, 0.25) is 15.1 Å². The second-order valence-corrected chi connectivity index (χ2v) is 5.49. The van der Waals surface area contributed by atoms with Gasteiger partial charge in [-0.2, -0.15) is 0 Å². The molecule has 2 N–H and O–H groups in total. The number of nitrogens with one attached hydrogen (secondary N) is 1. The van der Waals surface area contributed by atoms with Gasteiger partial charge in [0.1, 0.15) is 5.75 Å². The van der Waals surface area contributed by atoms with Crippen molar-refractivity contribution in [1.82, 2.24) is 0 Å². The summed E-state index contributed by atoms with van der Waals surface area (Å²) >= 11 is 18.2. The molecular weight excluding hydrogens is 333 g/mol. The first-order chi connectivity index (χ1) is 10.0. The zero-order valence-electron chi connectivity index (χ0n) is 11.3. The average Bonchev–Trinajstić information content (AvgIpc) is 2.46. The Morgan fingerprint density at radius 3 is 2.52 bits per heavy atom. The van der Waals surface area contributed by atoms with Crippen molar-refractivity contribution in [2.75, 3.05) is 12.0 Å². The molecule has 0 aliphatic carbocycles. The van der Waals surface area contributed by atoms with Crippen LogP contribution < -0.4 is 10.1 Å². The molecule has 0 saturated carbocycles. The van der Waals surface area contributed by atoms with Gasteiger partial charge in [0.15, 0.2) is 12.5 Å². The van der Waals surface area contributed by atoms with Gasteiger partial charge in [0, 0.05) is 5.02 Å². The summed E-state index contributed by atoms with van der Waals surface area (Å²) in [6, 6.07) is 8.75. The van der Waals surface area contributed by atoms with Crippen molar-refractivity contribution in [2.24, 2.45) is 0 Å². The number of benzene rings is 2. The summed E-state index contributed by atoms with van der Waals surface area (Å²) in [6.07, 6.45) is 0.641. The van der Waals surface area contributed by atoms with Crippen LogP contribution in [0, 0.1) is 0 Å². The Morgan fingerprint density at radius 1 is 1.14 bits per heavy atom. The van der Waals surface area contributed by atoms with Gasteiger partial charge in [-0.1, -0.05) is 53.9 Å². The first-order valence-electron chi connectivity index (χ1n) is 6.35. The minimum atomic E-state index is -0.0410. The van der Waals surface area contributed by atoms with Crippen LogP contribution in [-0.4, -0.2) is 11.8 Å². The van der Waals surface area contributed by atoms with Gasteiger partial charge in [-0.25, -0.2) is 0 Å². The largest absolute Gasteiger partial charge is 0.504 e. The predicted molar refractivity (Wildman–Crippen MR) is 88.1 cm³/mol. The second kappa shape index (κ2) is 7.12. The zero-order chi connectivity index (χ0) is 15.4. The third kappa shape index (κ3) is 3.67. The quantitative estimate of drug-likeness (QED) is 0.565. The summed E-state index contributed by atoms with van der Waals surface area (Å²) in [5.74, 6) is 0.509. The first kappa shape index (κ1) is 16.1. The third-order valence-corrected chi connectivity index (χ3v) is 4.02. The van der Waals surface area contributed by atoms with Crippen LogP contribution in [0.4, 0.5) is 5.69 Å². The van der Waals surface area contributed by atoms with Gasteiger partial charge in [-0.05, 0) is 30.2 Å². The van der Waals surface area contributed by atoms with E-state index in [0.717, 1.165) is 0 Å². The molecule has 21 heavy (non-hydrogen) atoms. The van der Waals surface area contributed by atoms with Gasteiger partial charge in [0.25, 0.3) is 0 Å². The molecule has 0 aromatic heterocycles. The van der Waals surface area contributed by atoms with Gasteiger partial charge < -0.3 is 15.2 Å². The SMILES string of the molecule is CCc1c(Cl)cc(NCOc2ccccc2Cl)c(O)c1Cl. The number of phenols is 1. The van der Waals surface area contributed by atoms with Gasteiger partial charge in [-0.3, -0.25) is 0 Å². The highest BCUT2D eigenvalue weighted by atomic mass is 35.5. The molecule has 3 nitrogen and oxygen atoms in total. The maximum Gasteiger partial charge on any atom is 0.159 e. The fraction of sp³-hybridized carbons (Fsp3) is 0.200. The molecule has 0 heterocycles. The first-order valence-corrected chi connectivity index (χ1v) is 7.49. The lowest BCUT2D eigenvalue weighted by molar-refractivity contribution is 0.346. The Morgan fingerprint density at radius 2 is 1.86 bits per heavy atom. The molecule has 6 heteroatoms. The molecular formula is C15H14Cl3NO2. The van der Waals surface area contributed by atoms with Crippen molar-refractivity contribution in [1.29, 1.82) is 0 Å². The van der Waals surface area contributed by atoms with Crippen LogP contribution in [0.15, 0.2) is 30.3 Å². The summed E-state index contributed by atoms with van der Waals surface area (Å²) in [4.78, 5) is 0. The Labute approximate surface area is 138 Å². The Balaban J connectivity index is 2.09. The molecule has 0 fully saturated rings. The summed E-state index contributed by atoms with van der Waals surface area (Å²) in [7, 11) is 0. The molecule has 0 atom stereocenters. The lowest BCUT2D eigenvalue weighted by Gasteiger charge is -2.14. The van der Waals surface area contributed by atoms with E-state index in [2.05, 4.69) is 5.32 Å². The number of anilines is 1. The molecule has 112 valence electrons. The monoisotopic (exact) mass is 345 g/mol. The van der Waals surface area contributed by atoms with Crippen molar-refractivity contribution in [2.45, 2.75) is 13.3 Å². The van der Waals surface area contributed by atoms with Crippen LogP contribution in [0.25, 0.3) is 0 Å². The van der Waals surface area contributed by atoms with Crippen molar-refractivity contribution >= 4 is 40.5 Å². The van der Waals surface area contributed by atoms with Gasteiger partial charge in [0.05, 0.1) is 15.7 Å². The number of hydrogen-bond acceptors (Lipinski definition) is 3. The maximum atomic E-state index is 10.1. The summed E-state index contributed by atoms with van der Waals surface area (Å²) in [6.45, 7) is 2.04. The highest BCUT2D eigenvalue weighted by molar-refractivity contribution is 6.37. The van der Waals surface area contributed by atoms with E-state index >= 15 is 0 Å². The number of ether oxygens (including phenoxy) is 1. The highest BCUT2D eigenvalue weighted by Gasteiger charge is 2.14. The summed E-state index contributed by atoms with van der Waals surface area (Å²) < 4.78 is 5.49. The minimum absolute atomic E-state index is 0.0410.